The number of nitro groups is 1. The lowest BCUT2D eigenvalue weighted by molar-refractivity contribution is -0.384. The van der Waals surface area contributed by atoms with Gasteiger partial charge in [0.25, 0.3) is 5.69 Å². The molecule has 1 amide bonds. The van der Waals surface area contributed by atoms with Crippen molar-refractivity contribution in [3.8, 4) is 11.3 Å². The number of benzene rings is 3. The van der Waals surface area contributed by atoms with Crippen molar-refractivity contribution in [2.45, 2.75) is 6.42 Å². The van der Waals surface area contributed by atoms with Crippen LogP contribution in [0.1, 0.15) is 11.3 Å². The fourth-order valence-corrected chi connectivity index (χ4v) is 3.18. The van der Waals surface area contributed by atoms with Crippen molar-refractivity contribution < 1.29 is 14.1 Å². The minimum absolute atomic E-state index is 0.0141. The zero-order valence-electron chi connectivity index (χ0n) is 15.8. The van der Waals surface area contributed by atoms with E-state index in [4.69, 9.17) is 4.42 Å². The average Bonchev–Trinajstić information content (AvgIpc) is 3.23. The van der Waals surface area contributed by atoms with Crippen LogP contribution in [-0.4, -0.2) is 17.0 Å². The fraction of sp³-hybridized carbons (Fsp3) is 0.0435. The number of amides is 1. The van der Waals surface area contributed by atoms with Crippen LogP contribution in [0.4, 0.5) is 5.69 Å². The normalized spacial score (nSPS) is 11.1. The van der Waals surface area contributed by atoms with Crippen molar-refractivity contribution >= 4 is 28.6 Å². The number of nitrogens with zero attached hydrogens (tertiary/aromatic N) is 2. The number of hydrazone groups is 1. The van der Waals surface area contributed by atoms with E-state index in [9.17, 15) is 14.9 Å². The van der Waals surface area contributed by atoms with Gasteiger partial charge in [0.2, 0.25) is 5.91 Å². The fourth-order valence-electron chi connectivity index (χ4n) is 3.18. The first-order chi connectivity index (χ1) is 14.6. The lowest BCUT2D eigenvalue weighted by Crippen LogP contribution is -2.19. The molecule has 0 saturated heterocycles. The Labute approximate surface area is 171 Å². The number of hydrogen-bond acceptors (Lipinski definition) is 5. The molecular formula is C23H17N3O4. The number of carbonyl (C=O) groups is 1. The molecule has 4 rings (SSSR count). The van der Waals surface area contributed by atoms with E-state index in [0.717, 1.165) is 16.3 Å². The molecule has 0 atom stereocenters. The van der Waals surface area contributed by atoms with Crippen LogP contribution in [0.3, 0.4) is 0 Å². The third kappa shape index (κ3) is 4.25. The Morgan fingerprint density at radius 1 is 1.03 bits per heavy atom. The highest BCUT2D eigenvalue weighted by Crippen LogP contribution is 2.25. The number of nitro benzene ring substituents is 1. The molecule has 3 aromatic carbocycles. The maximum absolute atomic E-state index is 12.3. The molecule has 1 aromatic heterocycles. The largest absolute Gasteiger partial charge is 0.455 e. The van der Waals surface area contributed by atoms with Gasteiger partial charge in [0, 0.05) is 17.7 Å². The van der Waals surface area contributed by atoms with Gasteiger partial charge in [0.15, 0.2) is 0 Å². The van der Waals surface area contributed by atoms with Gasteiger partial charge >= 0.3 is 0 Å². The van der Waals surface area contributed by atoms with Gasteiger partial charge in [-0.25, -0.2) is 5.43 Å². The first-order valence-electron chi connectivity index (χ1n) is 9.23. The molecule has 1 heterocycles. The Balaban J connectivity index is 1.41. The summed E-state index contributed by atoms with van der Waals surface area (Å²) in [6.45, 7) is 0. The van der Waals surface area contributed by atoms with Crippen molar-refractivity contribution in [2.24, 2.45) is 5.10 Å². The monoisotopic (exact) mass is 399 g/mol. The summed E-state index contributed by atoms with van der Waals surface area (Å²) in [5, 5.41) is 17.0. The summed E-state index contributed by atoms with van der Waals surface area (Å²) in [6.07, 6.45) is 1.59. The summed E-state index contributed by atoms with van der Waals surface area (Å²) < 4.78 is 5.64. The first-order valence-corrected chi connectivity index (χ1v) is 9.23. The predicted octanol–water partition coefficient (Wildman–Crippen LogP) is 4.70. The highest BCUT2D eigenvalue weighted by Gasteiger charge is 2.10. The van der Waals surface area contributed by atoms with Crippen LogP contribution in [0.15, 0.2) is 88.4 Å². The summed E-state index contributed by atoms with van der Waals surface area (Å²) in [5.74, 6) is 0.650. The van der Waals surface area contributed by atoms with Crippen molar-refractivity contribution in [1.82, 2.24) is 5.43 Å². The van der Waals surface area contributed by atoms with Gasteiger partial charge in [-0.3, -0.25) is 14.9 Å². The van der Waals surface area contributed by atoms with E-state index < -0.39 is 4.92 Å². The van der Waals surface area contributed by atoms with E-state index in [-0.39, 0.29) is 18.0 Å². The average molecular weight is 399 g/mol. The Kier molecular flexibility index (Phi) is 5.34. The van der Waals surface area contributed by atoms with Gasteiger partial charge in [0.05, 0.1) is 17.6 Å². The smallest absolute Gasteiger partial charge is 0.270 e. The Morgan fingerprint density at radius 2 is 1.83 bits per heavy atom. The SMILES string of the molecule is O=C(Cc1cccc2ccccc12)N/N=C/c1ccc(-c2cccc([N+](=O)[O-])c2)o1. The predicted molar refractivity (Wildman–Crippen MR) is 114 cm³/mol. The summed E-state index contributed by atoms with van der Waals surface area (Å²) in [4.78, 5) is 22.7. The van der Waals surface area contributed by atoms with Crippen molar-refractivity contribution in [3.63, 3.8) is 0 Å². The summed E-state index contributed by atoms with van der Waals surface area (Å²) >= 11 is 0. The molecule has 148 valence electrons. The van der Waals surface area contributed by atoms with E-state index in [0.29, 0.717) is 17.1 Å². The second-order valence-corrected chi connectivity index (χ2v) is 6.62. The zero-order valence-corrected chi connectivity index (χ0v) is 15.8. The maximum atomic E-state index is 12.3. The molecule has 7 heteroatoms. The number of carbonyl (C=O) groups excluding carboxylic acids is 1. The molecule has 4 aromatic rings. The molecule has 1 N–H and O–H groups in total. The lowest BCUT2D eigenvalue weighted by Gasteiger charge is -2.05. The molecule has 7 nitrogen and oxygen atoms in total. The summed E-state index contributed by atoms with van der Waals surface area (Å²) in [5.41, 5.74) is 3.99. The Morgan fingerprint density at radius 3 is 2.70 bits per heavy atom. The summed E-state index contributed by atoms with van der Waals surface area (Å²) in [7, 11) is 0. The number of hydrogen-bond donors (Lipinski definition) is 1. The van der Waals surface area contributed by atoms with Gasteiger partial charge in [-0.05, 0) is 28.5 Å². The molecule has 0 aliphatic carbocycles. The molecule has 0 fully saturated rings. The van der Waals surface area contributed by atoms with E-state index in [1.807, 2.05) is 42.5 Å². The van der Waals surface area contributed by atoms with Crippen molar-refractivity contribution in [3.05, 3.63) is 100 Å². The molecular weight excluding hydrogens is 382 g/mol. The van der Waals surface area contributed by atoms with E-state index in [1.165, 1.54) is 18.3 Å². The topological polar surface area (TPSA) is 97.7 Å². The number of fused-ring (bicyclic) bond motifs is 1. The molecule has 0 spiro atoms. The molecule has 0 unspecified atom stereocenters. The summed E-state index contributed by atoms with van der Waals surface area (Å²) in [6, 6.07) is 23.3. The van der Waals surface area contributed by atoms with Gasteiger partial charge in [-0.15, -0.1) is 0 Å². The van der Waals surface area contributed by atoms with Crippen molar-refractivity contribution in [2.75, 3.05) is 0 Å². The minimum Gasteiger partial charge on any atom is -0.455 e. The van der Waals surface area contributed by atoms with Gasteiger partial charge in [-0.2, -0.15) is 5.10 Å². The first kappa shape index (κ1) is 19.1. The number of rotatable bonds is 6. The molecule has 30 heavy (non-hydrogen) atoms. The Hall–Kier alpha value is -4.26. The highest BCUT2D eigenvalue weighted by molar-refractivity contribution is 5.90. The molecule has 0 saturated carbocycles. The third-order valence-corrected chi connectivity index (χ3v) is 4.58. The maximum Gasteiger partial charge on any atom is 0.270 e. The van der Waals surface area contributed by atoms with E-state index >= 15 is 0 Å². The standard InChI is InChI=1S/C23H17N3O4/c27-23(14-17-7-3-6-16-5-1-2-10-21(16)17)25-24-15-20-11-12-22(30-20)18-8-4-9-19(13-18)26(28)29/h1-13,15H,14H2,(H,25,27)/b24-15+. The second kappa shape index (κ2) is 8.40. The van der Waals surface area contributed by atoms with E-state index in [2.05, 4.69) is 10.5 Å². The molecule has 0 radical (unpaired) electrons. The molecule has 0 aliphatic rings. The van der Waals surface area contributed by atoms with Gasteiger partial charge < -0.3 is 4.42 Å². The number of furan rings is 1. The van der Waals surface area contributed by atoms with Crippen LogP contribution in [0.25, 0.3) is 22.1 Å². The van der Waals surface area contributed by atoms with E-state index in [1.54, 1.807) is 24.3 Å². The highest BCUT2D eigenvalue weighted by atomic mass is 16.6. The van der Waals surface area contributed by atoms with Crippen LogP contribution in [-0.2, 0) is 11.2 Å². The van der Waals surface area contributed by atoms with Crippen LogP contribution >= 0.6 is 0 Å². The van der Waals surface area contributed by atoms with Crippen LogP contribution in [0.2, 0.25) is 0 Å². The molecule has 0 aliphatic heterocycles. The molecule has 0 bridgehead atoms. The number of non-ortho nitro benzene ring substituents is 1. The van der Waals surface area contributed by atoms with Crippen LogP contribution in [0.5, 0.6) is 0 Å². The third-order valence-electron chi connectivity index (χ3n) is 4.58. The lowest BCUT2D eigenvalue weighted by atomic mass is 10.0. The van der Waals surface area contributed by atoms with Gasteiger partial charge in [-0.1, -0.05) is 54.6 Å². The van der Waals surface area contributed by atoms with Crippen molar-refractivity contribution in [1.29, 1.82) is 0 Å². The van der Waals surface area contributed by atoms with Crippen LogP contribution in [0, 0.1) is 10.1 Å². The number of nitrogens with one attached hydrogen (secondary N) is 1. The zero-order chi connectivity index (χ0) is 20.9. The minimum atomic E-state index is -0.458. The Bertz CT molecular complexity index is 1250. The second-order valence-electron chi connectivity index (χ2n) is 6.62. The van der Waals surface area contributed by atoms with Crippen LogP contribution < -0.4 is 5.43 Å². The van der Waals surface area contributed by atoms with Gasteiger partial charge in [0.1, 0.15) is 11.5 Å². The quantitative estimate of drug-likeness (QED) is 0.289.